The quantitative estimate of drug-likeness (QED) is 0.662. The van der Waals surface area contributed by atoms with Crippen LogP contribution in [0.4, 0.5) is 0 Å². The molecule has 1 aliphatic heterocycles. The molecule has 0 aromatic heterocycles. The van der Waals surface area contributed by atoms with Crippen LogP contribution in [0, 0.1) is 5.92 Å². The second kappa shape index (κ2) is 7.34. The van der Waals surface area contributed by atoms with Gasteiger partial charge in [-0.2, -0.15) is 0 Å². The molecule has 0 radical (unpaired) electrons. The van der Waals surface area contributed by atoms with E-state index in [0.717, 1.165) is 17.7 Å². The van der Waals surface area contributed by atoms with E-state index in [1.54, 1.807) is 14.2 Å². The molecule has 1 heterocycles. The molecular weight excluding hydrogens is 370 g/mol. The highest BCUT2D eigenvalue weighted by Gasteiger charge is 2.57. The Kier molecular flexibility index (Phi) is 5.43. The molecule has 0 amide bonds. The predicted octanol–water partition coefficient (Wildman–Crippen LogP) is -1.63. The fourth-order valence-electron chi connectivity index (χ4n) is 4.95. The molecule has 0 fully saturated rings. The highest BCUT2D eigenvalue weighted by Crippen LogP contribution is 2.57. The van der Waals surface area contributed by atoms with Crippen LogP contribution in [-0.4, -0.2) is 38.9 Å². The van der Waals surface area contributed by atoms with Crippen LogP contribution in [0.25, 0.3) is 0 Å². The van der Waals surface area contributed by atoms with Gasteiger partial charge in [-0.25, -0.2) is 0 Å². The summed E-state index contributed by atoms with van der Waals surface area (Å²) in [5.41, 5.74) is 6.32. The van der Waals surface area contributed by atoms with Crippen LogP contribution in [0.3, 0.4) is 0 Å². The molecule has 0 unspecified atom stereocenters. The lowest BCUT2D eigenvalue weighted by Gasteiger charge is -2.51. The Morgan fingerprint density at radius 3 is 2.70 bits per heavy atom. The number of carbonyl (C=O) groups excluding carboxylic acids is 1. The van der Waals surface area contributed by atoms with E-state index >= 15 is 0 Å². The Morgan fingerprint density at radius 2 is 2.04 bits per heavy atom. The van der Waals surface area contributed by atoms with E-state index < -0.39 is 6.29 Å². The number of quaternary nitrogens is 1. The summed E-state index contributed by atoms with van der Waals surface area (Å²) in [6, 6.07) is 4.18. The van der Waals surface area contributed by atoms with Crippen molar-refractivity contribution >= 4 is 5.78 Å². The van der Waals surface area contributed by atoms with E-state index in [1.807, 2.05) is 19.1 Å². The third-order valence-electron chi connectivity index (χ3n) is 6.00. The Bertz CT molecular complexity index is 780. The molecule has 1 spiro atoms. The van der Waals surface area contributed by atoms with Crippen molar-refractivity contribution in [3.05, 3.63) is 35.1 Å². The first-order chi connectivity index (χ1) is 12.5. The largest absolute Gasteiger partial charge is 1.00 e. The molecule has 4 rings (SSSR count). The number of allylic oxidation sites excluding steroid dienone is 2. The highest BCUT2D eigenvalue weighted by atomic mass is 35.5. The molecule has 0 saturated heterocycles. The minimum Gasteiger partial charge on any atom is -1.00 e. The number of hydrogen-bond donors (Lipinski definition) is 1. The Balaban J connectivity index is 0.00000210. The molecule has 1 aromatic rings. The molecule has 6 nitrogen and oxygen atoms in total. The molecular formula is C20H26ClNO5. The molecule has 0 bridgehead atoms. The number of hydrogen-bond acceptors (Lipinski definition) is 5. The van der Waals surface area contributed by atoms with Gasteiger partial charge in [0.15, 0.2) is 23.0 Å². The lowest BCUT2D eigenvalue weighted by molar-refractivity contribution is -0.438. The lowest BCUT2D eigenvalue weighted by atomic mass is 9.55. The van der Waals surface area contributed by atoms with Gasteiger partial charge in [0, 0.05) is 42.8 Å². The fraction of sp³-hybridized carbons (Fsp3) is 0.550. The van der Waals surface area contributed by atoms with Crippen molar-refractivity contribution in [2.24, 2.45) is 5.92 Å². The number of halogens is 1. The predicted molar refractivity (Wildman–Crippen MR) is 93.9 cm³/mol. The third-order valence-corrected chi connectivity index (χ3v) is 6.00. The Morgan fingerprint density at radius 1 is 1.26 bits per heavy atom. The van der Waals surface area contributed by atoms with E-state index in [4.69, 9.17) is 18.9 Å². The van der Waals surface area contributed by atoms with Crippen LogP contribution in [0.15, 0.2) is 24.0 Å². The molecule has 1 aromatic carbocycles. The number of ether oxygens (including phenoxy) is 4. The number of Topliss-reactive ketones (excluding diaryl/α,β-unsaturated/α-hetero) is 1. The SMILES string of the molecule is CCO[C@H]1C[C@]23C=C(OC)C(=O)C[C@H]2[C@H]([NH3+])Cc2ccc(OC)c(c23)O1.[Cl-]. The smallest absolute Gasteiger partial charge is 0.201 e. The highest BCUT2D eigenvalue weighted by molar-refractivity contribution is 5.95. The van der Waals surface area contributed by atoms with Crippen molar-refractivity contribution in [2.45, 2.75) is 43.9 Å². The summed E-state index contributed by atoms with van der Waals surface area (Å²) in [7, 11) is 3.20. The van der Waals surface area contributed by atoms with Gasteiger partial charge in [0.05, 0.1) is 20.3 Å². The molecule has 2 aliphatic carbocycles. The minimum atomic E-state index is -0.396. The maximum Gasteiger partial charge on any atom is 0.201 e. The number of ketones is 1. The Labute approximate surface area is 165 Å². The van der Waals surface area contributed by atoms with Crippen LogP contribution in [0.2, 0.25) is 0 Å². The van der Waals surface area contributed by atoms with Crippen LogP contribution >= 0.6 is 0 Å². The van der Waals surface area contributed by atoms with Crippen molar-refractivity contribution in [3.63, 3.8) is 0 Å². The lowest BCUT2D eigenvalue weighted by Crippen LogP contribution is -3.00. The standard InChI is InChI=1S/C20H25NO5.ClH/c1-4-25-17-10-20-9-16(24-3)14(22)8-12(20)13(21)7-11-5-6-15(23-2)19(26-17)18(11)20;/h5-6,9,12-13,17H,4,7-8,10,21H2,1-3H3;1H/t12-,13+,17+,20+;/m0./s1. The summed E-state index contributed by atoms with van der Waals surface area (Å²) in [4.78, 5) is 12.5. The van der Waals surface area contributed by atoms with Crippen molar-refractivity contribution < 1.29 is 41.9 Å². The van der Waals surface area contributed by atoms with Crippen molar-refractivity contribution in [3.8, 4) is 11.5 Å². The average Bonchev–Trinajstić information content (AvgIpc) is 2.63. The summed E-state index contributed by atoms with van der Waals surface area (Å²) in [5.74, 6) is 1.99. The van der Waals surface area contributed by atoms with Crippen LogP contribution in [0.5, 0.6) is 11.5 Å². The van der Waals surface area contributed by atoms with E-state index in [2.05, 4.69) is 11.8 Å². The molecule has 27 heavy (non-hydrogen) atoms. The first kappa shape index (κ1) is 20.0. The van der Waals surface area contributed by atoms with Gasteiger partial charge in [0.1, 0.15) is 0 Å². The van der Waals surface area contributed by atoms with Crippen molar-refractivity contribution in [1.29, 1.82) is 0 Å². The van der Waals surface area contributed by atoms with Crippen molar-refractivity contribution in [1.82, 2.24) is 0 Å². The first-order valence-corrected chi connectivity index (χ1v) is 9.15. The zero-order chi connectivity index (χ0) is 18.5. The molecule has 3 aliphatic rings. The number of methoxy groups -OCH3 is 2. The zero-order valence-corrected chi connectivity index (χ0v) is 16.7. The first-order valence-electron chi connectivity index (χ1n) is 9.15. The summed E-state index contributed by atoms with van der Waals surface area (Å²) in [6.07, 6.45) is 3.50. The van der Waals surface area contributed by atoms with Gasteiger partial charge in [-0.1, -0.05) is 6.07 Å². The second-order valence-electron chi connectivity index (χ2n) is 7.29. The summed E-state index contributed by atoms with van der Waals surface area (Å²) >= 11 is 0. The molecule has 7 heteroatoms. The minimum absolute atomic E-state index is 0. The van der Waals surface area contributed by atoms with E-state index in [9.17, 15) is 4.79 Å². The molecule has 148 valence electrons. The zero-order valence-electron chi connectivity index (χ0n) is 15.9. The topological polar surface area (TPSA) is 81.6 Å². The second-order valence-corrected chi connectivity index (χ2v) is 7.29. The monoisotopic (exact) mass is 395 g/mol. The third kappa shape index (κ3) is 2.91. The fourth-order valence-corrected chi connectivity index (χ4v) is 4.95. The van der Waals surface area contributed by atoms with Crippen LogP contribution in [0.1, 0.15) is 30.9 Å². The van der Waals surface area contributed by atoms with Gasteiger partial charge in [-0.3, -0.25) is 4.79 Å². The summed E-state index contributed by atoms with van der Waals surface area (Å²) < 4.78 is 23.0. The normalized spacial score (nSPS) is 30.9. The van der Waals surface area contributed by atoms with Gasteiger partial charge in [-0.05, 0) is 24.6 Å². The van der Waals surface area contributed by atoms with Gasteiger partial charge >= 0.3 is 0 Å². The van der Waals surface area contributed by atoms with Gasteiger partial charge in [0.25, 0.3) is 0 Å². The van der Waals surface area contributed by atoms with E-state index in [-0.39, 0.29) is 35.6 Å². The maximum absolute atomic E-state index is 12.5. The molecule has 0 saturated carbocycles. The maximum atomic E-state index is 12.5. The van der Waals surface area contributed by atoms with Gasteiger partial charge in [-0.15, -0.1) is 0 Å². The van der Waals surface area contributed by atoms with Gasteiger partial charge in [0.2, 0.25) is 6.29 Å². The van der Waals surface area contributed by atoms with Crippen molar-refractivity contribution in [2.75, 3.05) is 20.8 Å². The van der Waals surface area contributed by atoms with E-state index in [0.29, 0.717) is 31.0 Å². The molecule has 4 atom stereocenters. The average molecular weight is 396 g/mol. The Hall–Kier alpha value is -1.76. The van der Waals surface area contributed by atoms with Crippen LogP contribution < -0.4 is 27.6 Å². The summed E-state index contributed by atoms with van der Waals surface area (Å²) in [6.45, 7) is 2.50. The van der Waals surface area contributed by atoms with Gasteiger partial charge < -0.3 is 37.1 Å². The number of carbonyl (C=O) groups is 1. The number of rotatable bonds is 4. The van der Waals surface area contributed by atoms with Crippen LogP contribution in [-0.2, 0) is 26.1 Å². The number of benzene rings is 1. The summed E-state index contributed by atoms with van der Waals surface area (Å²) in [5, 5.41) is 0. The molecule has 3 N–H and O–H groups in total. The van der Waals surface area contributed by atoms with E-state index in [1.165, 1.54) is 5.56 Å².